The number of nitrogens with one attached hydrogen (secondary N) is 1. The molecule has 0 aliphatic heterocycles. The van der Waals surface area contributed by atoms with Crippen LogP contribution in [0.25, 0.3) is 0 Å². The molecule has 2 aromatic rings. The summed E-state index contributed by atoms with van der Waals surface area (Å²) in [6.45, 7) is 2.13. The predicted octanol–water partition coefficient (Wildman–Crippen LogP) is 5.21. The molecule has 0 spiro atoms. The zero-order valence-corrected chi connectivity index (χ0v) is 11.8. The smallest absolute Gasteiger partial charge is 0.0542 e. The first kappa shape index (κ1) is 12.6. The van der Waals surface area contributed by atoms with Gasteiger partial charge in [0.15, 0.2) is 0 Å². The molecule has 0 heterocycles. The van der Waals surface area contributed by atoms with Gasteiger partial charge in [-0.1, -0.05) is 47.5 Å². The SMILES string of the molecule is Cc1ccc(C(Nc2cccc(Cl)c2)C2CC2)cc1. The second kappa shape index (κ2) is 5.26. The third-order valence-corrected chi connectivity index (χ3v) is 3.91. The monoisotopic (exact) mass is 271 g/mol. The van der Waals surface area contributed by atoms with Crippen molar-refractivity contribution >= 4 is 17.3 Å². The number of halogens is 1. The van der Waals surface area contributed by atoms with Gasteiger partial charge < -0.3 is 5.32 Å². The van der Waals surface area contributed by atoms with Gasteiger partial charge in [0.25, 0.3) is 0 Å². The van der Waals surface area contributed by atoms with Crippen molar-refractivity contribution in [2.24, 2.45) is 5.92 Å². The Morgan fingerprint density at radius 1 is 1.11 bits per heavy atom. The summed E-state index contributed by atoms with van der Waals surface area (Å²) in [7, 11) is 0. The van der Waals surface area contributed by atoms with Crippen LogP contribution in [0, 0.1) is 12.8 Å². The summed E-state index contributed by atoms with van der Waals surface area (Å²) < 4.78 is 0. The lowest BCUT2D eigenvalue weighted by atomic mass is 10.0. The molecular weight excluding hydrogens is 254 g/mol. The van der Waals surface area contributed by atoms with Crippen LogP contribution in [-0.4, -0.2) is 0 Å². The van der Waals surface area contributed by atoms with Crippen molar-refractivity contribution < 1.29 is 0 Å². The minimum atomic E-state index is 0.402. The zero-order chi connectivity index (χ0) is 13.2. The van der Waals surface area contributed by atoms with Crippen LogP contribution in [-0.2, 0) is 0 Å². The lowest BCUT2D eigenvalue weighted by molar-refractivity contribution is 0.679. The normalized spacial score (nSPS) is 16.1. The standard InChI is InChI=1S/C17H18ClN/c1-12-5-7-13(8-6-12)17(14-9-10-14)19-16-4-2-3-15(18)11-16/h2-8,11,14,17,19H,9-10H2,1H3. The van der Waals surface area contributed by atoms with Crippen molar-refractivity contribution in [2.75, 3.05) is 5.32 Å². The van der Waals surface area contributed by atoms with Gasteiger partial charge in [0, 0.05) is 10.7 Å². The fraction of sp³-hybridized carbons (Fsp3) is 0.294. The average molecular weight is 272 g/mol. The molecule has 98 valence electrons. The summed E-state index contributed by atoms with van der Waals surface area (Å²) in [5.74, 6) is 0.752. The van der Waals surface area contributed by atoms with Gasteiger partial charge in [0.05, 0.1) is 6.04 Å². The van der Waals surface area contributed by atoms with Crippen LogP contribution < -0.4 is 5.32 Å². The van der Waals surface area contributed by atoms with E-state index in [0.29, 0.717) is 6.04 Å². The first-order chi connectivity index (χ1) is 9.22. The van der Waals surface area contributed by atoms with Gasteiger partial charge >= 0.3 is 0 Å². The van der Waals surface area contributed by atoms with Gasteiger partial charge in [-0.05, 0) is 49.4 Å². The highest BCUT2D eigenvalue weighted by Gasteiger charge is 2.32. The molecule has 1 unspecified atom stereocenters. The molecule has 19 heavy (non-hydrogen) atoms. The van der Waals surface area contributed by atoms with Crippen LogP contribution >= 0.6 is 11.6 Å². The molecule has 2 heteroatoms. The van der Waals surface area contributed by atoms with Crippen LogP contribution in [0.3, 0.4) is 0 Å². The molecule has 0 radical (unpaired) electrons. The minimum Gasteiger partial charge on any atom is -0.378 e. The summed E-state index contributed by atoms with van der Waals surface area (Å²) in [5.41, 5.74) is 3.78. The van der Waals surface area contributed by atoms with Gasteiger partial charge in [-0.2, -0.15) is 0 Å². The van der Waals surface area contributed by atoms with E-state index in [2.05, 4.69) is 42.6 Å². The van der Waals surface area contributed by atoms with Crippen molar-refractivity contribution in [1.29, 1.82) is 0 Å². The van der Waals surface area contributed by atoms with E-state index in [1.165, 1.54) is 24.0 Å². The van der Waals surface area contributed by atoms with Gasteiger partial charge in [-0.15, -0.1) is 0 Å². The van der Waals surface area contributed by atoms with E-state index < -0.39 is 0 Å². The molecule has 1 N–H and O–H groups in total. The van der Waals surface area contributed by atoms with Crippen molar-refractivity contribution in [3.8, 4) is 0 Å². The number of anilines is 1. The Hall–Kier alpha value is -1.47. The molecule has 1 aliphatic rings. The topological polar surface area (TPSA) is 12.0 Å². The molecule has 0 saturated heterocycles. The Morgan fingerprint density at radius 3 is 2.47 bits per heavy atom. The largest absolute Gasteiger partial charge is 0.378 e. The van der Waals surface area contributed by atoms with Crippen molar-refractivity contribution in [1.82, 2.24) is 0 Å². The molecule has 3 rings (SSSR count). The number of aryl methyl sites for hydroxylation is 1. The first-order valence-electron chi connectivity index (χ1n) is 6.81. The van der Waals surface area contributed by atoms with Crippen LogP contribution in [0.4, 0.5) is 5.69 Å². The maximum Gasteiger partial charge on any atom is 0.0542 e. The summed E-state index contributed by atoms with van der Waals surface area (Å²) in [5, 5.41) is 4.41. The lowest BCUT2D eigenvalue weighted by Gasteiger charge is -2.20. The quantitative estimate of drug-likeness (QED) is 0.805. The molecule has 0 aromatic heterocycles. The van der Waals surface area contributed by atoms with Crippen LogP contribution in [0.2, 0.25) is 5.02 Å². The zero-order valence-electron chi connectivity index (χ0n) is 11.1. The van der Waals surface area contributed by atoms with E-state index in [1.807, 2.05) is 18.2 Å². The lowest BCUT2D eigenvalue weighted by Crippen LogP contribution is -2.12. The predicted molar refractivity (Wildman–Crippen MR) is 81.7 cm³/mol. The highest BCUT2D eigenvalue weighted by Crippen LogP contribution is 2.43. The fourth-order valence-corrected chi connectivity index (χ4v) is 2.62. The molecule has 1 fully saturated rings. The number of benzene rings is 2. The Bertz CT molecular complexity index is 558. The van der Waals surface area contributed by atoms with Gasteiger partial charge in [-0.25, -0.2) is 0 Å². The third-order valence-electron chi connectivity index (χ3n) is 3.68. The molecule has 2 aromatic carbocycles. The Kier molecular flexibility index (Phi) is 3.48. The van der Waals surface area contributed by atoms with Crippen LogP contribution in [0.1, 0.15) is 30.0 Å². The van der Waals surface area contributed by atoms with E-state index >= 15 is 0 Å². The van der Waals surface area contributed by atoms with Gasteiger partial charge in [0.2, 0.25) is 0 Å². The van der Waals surface area contributed by atoms with Crippen molar-refractivity contribution in [2.45, 2.75) is 25.8 Å². The van der Waals surface area contributed by atoms with Gasteiger partial charge in [0.1, 0.15) is 0 Å². The van der Waals surface area contributed by atoms with E-state index in [0.717, 1.165) is 16.6 Å². The molecule has 1 saturated carbocycles. The second-order valence-corrected chi connectivity index (χ2v) is 5.82. The number of hydrogen-bond acceptors (Lipinski definition) is 1. The maximum absolute atomic E-state index is 6.05. The third kappa shape index (κ3) is 3.10. The Labute approximate surface area is 119 Å². The first-order valence-corrected chi connectivity index (χ1v) is 7.19. The molecular formula is C17H18ClN. The maximum atomic E-state index is 6.05. The Morgan fingerprint density at radius 2 is 1.84 bits per heavy atom. The van der Waals surface area contributed by atoms with E-state index in [4.69, 9.17) is 11.6 Å². The fourth-order valence-electron chi connectivity index (χ4n) is 2.43. The Balaban J connectivity index is 1.83. The van der Waals surface area contributed by atoms with E-state index in [1.54, 1.807) is 0 Å². The van der Waals surface area contributed by atoms with Crippen LogP contribution in [0.15, 0.2) is 48.5 Å². The number of rotatable bonds is 4. The van der Waals surface area contributed by atoms with E-state index in [9.17, 15) is 0 Å². The average Bonchev–Trinajstić information content (AvgIpc) is 3.22. The van der Waals surface area contributed by atoms with Gasteiger partial charge in [-0.3, -0.25) is 0 Å². The molecule has 1 aliphatic carbocycles. The molecule has 0 amide bonds. The number of hydrogen-bond donors (Lipinski definition) is 1. The summed E-state index contributed by atoms with van der Waals surface area (Å²) in [4.78, 5) is 0. The van der Waals surface area contributed by atoms with Crippen LogP contribution in [0.5, 0.6) is 0 Å². The highest BCUT2D eigenvalue weighted by molar-refractivity contribution is 6.30. The summed E-state index contributed by atoms with van der Waals surface area (Å²) in [6.07, 6.45) is 2.62. The molecule has 1 nitrogen and oxygen atoms in total. The second-order valence-electron chi connectivity index (χ2n) is 5.38. The van der Waals surface area contributed by atoms with E-state index in [-0.39, 0.29) is 0 Å². The molecule has 0 bridgehead atoms. The van der Waals surface area contributed by atoms with Crippen molar-refractivity contribution in [3.05, 3.63) is 64.7 Å². The summed E-state index contributed by atoms with van der Waals surface area (Å²) >= 11 is 6.05. The highest BCUT2D eigenvalue weighted by atomic mass is 35.5. The summed E-state index contributed by atoms with van der Waals surface area (Å²) in [6, 6.07) is 17.2. The molecule has 1 atom stereocenters. The minimum absolute atomic E-state index is 0.402. The van der Waals surface area contributed by atoms with Crippen molar-refractivity contribution in [3.63, 3.8) is 0 Å².